The number of ether oxygens (including phenoxy) is 1. The largest absolute Gasteiger partial charge is 0.508 e. The number of likely N-dealkylation sites (tertiary alicyclic amines) is 1. The molecule has 0 spiro atoms. The number of amides is 4. The number of phenols is 1. The molecule has 2 aromatic heterocycles. The minimum absolute atomic E-state index is 0.0200. The molecule has 0 radical (unpaired) electrons. The number of hydrogen-bond acceptors (Lipinski definition) is 9. The van der Waals surface area contributed by atoms with E-state index in [4.69, 9.17) is 26.5 Å². The van der Waals surface area contributed by atoms with Gasteiger partial charge in [0.1, 0.15) is 23.0 Å². The summed E-state index contributed by atoms with van der Waals surface area (Å²) < 4.78 is 7.94. The molecule has 2 N–H and O–H groups in total. The monoisotopic (exact) mass is 784 g/mol. The predicted molar refractivity (Wildman–Crippen MR) is 206 cm³/mol. The van der Waals surface area contributed by atoms with Crippen LogP contribution in [0, 0.1) is 36.0 Å². The Balaban J connectivity index is 1.18. The Kier molecular flexibility index (Phi) is 9.15. The van der Waals surface area contributed by atoms with Crippen LogP contribution >= 0.6 is 22.9 Å². The molecule has 14 heteroatoms. The van der Waals surface area contributed by atoms with Crippen LogP contribution < -0.4 is 9.64 Å². The molecule has 2 aliphatic carbocycles. The van der Waals surface area contributed by atoms with Crippen LogP contribution in [0.5, 0.6) is 11.5 Å². The zero-order chi connectivity index (χ0) is 39.1. The number of carboxylic acids is 1. The SMILES string of the molecule is COc1ccc(C2C3=CCC4C(=O)N(CCCCCC(=O)O)C(=O)C4C3CC3C(=O)N(c4cc(-c5sc6ccc(Cl)cc6c5C)nn4C)C(=O)C32C)c(O)c1. The average molecular weight is 785 g/mol. The van der Waals surface area contributed by atoms with E-state index in [9.17, 15) is 24.3 Å². The number of carbonyl (C=O) groups is 5. The molecule has 12 nitrogen and oxygen atoms in total. The van der Waals surface area contributed by atoms with E-state index in [-0.39, 0.29) is 43.4 Å². The highest BCUT2D eigenvalue weighted by molar-refractivity contribution is 7.22. The Labute approximate surface area is 326 Å². The number of fused-ring (bicyclic) bond motifs is 5. The second kappa shape index (κ2) is 13.6. The molecular weight excluding hydrogens is 744 g/mol. The van der Waals surface area contributed by atoms with Crippen LogP contribution in [0.15, 0.2) is 54.1 Å². The molecule has 4 aliphatic rings. The number of carbonyl (C=O) groups excluding carboxylic acids is 4. The van der Waals surface area contributed by atoms with Gasteiger partial charge in [-0.1, -0.05) is 35.7 Å². The fourth-order valence-corrected chi connectivity index (χ4v) is 11.0. The maximum atomic E-state index is 15.1. The van der Waals surface area contributed by atoms with Crippen molar-refractivity contribution in [1.29, 1.82) is 0 Å². The van der Waals surface area contributed by atoms with Crippen LogP contribution in [0.25, 0.3) is 20.7 Å². The molecular formula is C41H41ClN4O8S. The maximum absolute atomic E-state index is 15.1. The van der Waals surface area contributed by atoms with E-state index in [1.165, 1.54) is 23.0 Å². The first-order valence-electron chi connectivity index (χ1n) is 18.5. The summed E-state index contributed by atoms with van der Waals surface area (Å²) in [5.41, 5.74) is 1.43. The summed E-state index contributed by atoms with van der Waals surface area (Å²) in [6.45, 7) is 3.96. The molecule has 6 atom stereocenters. The summed E-state index contributed by atoms with van der Waals surface area (Å²) in [5.74, 6) is -5.26. The van der Waals surface area contributed by atoms with Gasteiger partial charge in [0.05, 0.1) is 35.2 Å². The van der Waals surface area contributed by atoms with Gasteiger partial charge in [0.25, 0.3) is 0 Å². The number of thiophene rings is 1. The van der Waals surface area contributed by atoms with Gasteiger partial charge in [-0.3, -0.25) is 33.6 Å². The maximum Gasteiger partial charge on any atom is 0.303 e. The first kappa shape index (κ1) is 36.9. The quantitative estimate of drug-likeness (QED) is 0.0996. The van der Waals surface area contributed by atoms with E-state index in [0.29, 0.717) is 47.1 Å². The number of aromatic nitrogens is 2. The van der Waals surface area contributed by atoms with Gasteiger partial charge >= 0.3 is 5.97 Å². The lowest BCUT2D eigenvalue weighted by atomic mass is 9.51. The number of imide groups is 2. The zero-order valence-corrected chi connectivity index (χ0v) is 32.4. The molecule has 8 rings (SSSR count). The number of aliphatic carboxylic acids is 1. The number of aryl methyl sites for hydroxylation is 2. The lowest BCUT2D eigenvalue weighted by Crippen LogP contribution is -2.49. The molecule has 1 saturated carbocycles. The van der Waals surface area contributed by atoms with Crippen molar-refractivity contribution in [2.24, 2.45) is 36.1 Å². The second-order valence-electron chi connectivity index (χ2n) is 15.3. The molecule has 3 fully saturated rings. The van der Waals surface area contributed by atoms with E-state index < -0.39 is 52.8 Å². The number of benzene rings is 2. The Morgan fingerprint density at radius 3 is 2.55 bits per heavy atom. The standard InChI is InChI=1S/C41H41ClN4O8S/c1-20-26-16-21(42)9-14-31(26)55-36(20)29-19-32(44(3)43-29)46-38(51)28-18-27-23(35(41(28,2)40(46)53)24-11-10-22(54-4)17-30(24)47)12-13-25-34(27)39(52)45(37(25)50)15-7-5-6-8-33(48)49/h9-12,14,16-17,19,25,27-28,34-35,47H,5-8,13,15,18H2,1-4H3,(H,48,49). The van der Waals surface area contributed by atoms with Gasteiger partial charge in [0, 0.05) is 53.3 Å². The van der Waals surface area contributed by atoms with E-state index in [1.807, 2.05) is 31.2 Å². The highest BCUT2D eigenvalue weighted by Gasteiger charge is 2.68. The van der Waals surface area contributed by atoms with Crippen molar-refractivity contribution in [2.75, 3.05) is 18.6 Å². The first-order valence-corrected chi connectivity index (χ1v) is 19.7. The molecule has 6 unspecified atom stereocenters. The van der Waals surface area contributed by atoms with Crippen molar-refractivity contribution < 1.29 is 38.9 Å². The fourth-order valence-electron chi connectivity index (χ4n) is 9.70. The highest BCUT2D eigenvalue weighted by Crippen LogP contribution is 2.64. The molecule has 55 heavy (non-hydrogen) atoms. The number of hydrogen-bond donors (Lipinski definition) is 2. The Bertz CT molecular complexity index is 2350. The summed E-state index contributed by atoms with van der Waals surface area (Å²) in [6, 6.07) is 12.3. The van der Waals surface area contributed by atoms with Gasteiger partial charge in [0.2, 0.25) is 23.6 Å². The molecule has 0 bridgehead atoms. The molecule has 2 saturated heterocycles. The van der Waals surface area contributed by atoms with Gasteiger partial charge in [-0.25, -0.2) is 4.90 Å². The summed E-state index contributed by atoms with van der Waals surface area (Å²) in [5, 5.41) is 26.9. The van der Waals surface area contributed by atoms with Crippen molar-refractivity contribution in [1.82, 2.24) is 14.7 Å². The second-order valence-corrected chi connectivity index (χ2v) is 16.8. The summed E-state index contributed by atoms with van der Waals surface area (Å²) in [7, 11) is 3.18. The average Bonchev–Trinajstić information content (AvgIpc) is 3.82. The molecule has 4 heterocycles. The molecule has 4 amide bonds. The number of aromatic hydroxyl groups is 1. The number of allylic oxidation sites excluding steroid dienone is 2. The van der Waals surface area contributed by atoms with E-state index in [2.05, 4.69) is 0 Å². The number of halogens is 1. The summed E-state index contributed by atoms with van der Waals surface area (Å²) >= 11 is 7.86. The van der Waals surface area contributed by atoms with Crippen LogP contribution in [0.4, 0.5) is 5.82 Å². The first-order chi connectivity index (χ1) is 26.3. The van der Waals surface area contributed by atoms with Crippen molar-refractivity contribution in [3.63, 3.8) is 0 Å². The number of methoxy groups -OCH3 is 1. The van der Waals surface area contributed by atoms with Gasteiger partial charge in [-0.15, -0.1) is 11.3 Å². The van der Waals surface area contributed by atoms with Crippen molar-refractivity contribution in [2.45, 2.75) is 58.3 Å². The number of carboxylic acid groups (broad SMARTS) is 1. The number of unbranched alkanes of at least 4 members (excludes halogenated alkanes) is 2. The van der Waals surface area contributed by atoms with E-state index in [0.717, 1.165) is 26.1 Å². The lowest BCUT2D eigenvalue weighted by Gasteiger charge is -2.49. The predicted octanol–water partition coefficient (Wildman–Crippen LogP) is 6.85. The van der Waals surface area contributed by atoms with Crippen molar-refractivity contribution in [3.05, 3.63) is 70.3 Å². The Morgan fingerprint density at radius 1 is 1.04 bits per heavy atom. The van der Waals surface area contributed by atoms with Crippen LogP contribution in [-0.2, 0) is 31.0 Å². The lowest BCUT2D eigenvalue weighted by molar-refractivity contribution is -0.141. The summed E-state index contributed by atoms with van der Waals surface area (Å²) in [4.78, 5) is 72.3. The van der Waals surface area contributed by atoms with Gasteiger partial charge in [-0.05, 0) is 80.7 Å². The molecule has 4 aromatic rings. The molecule has 2 aliphatic heterocycles. The number of phenolic OH excluding ortho intramolecular Hbond substituents is 1. The highest BCUT2D eigenvalue weighted by atomic mass is 35.5. The van der Waals surface area contributed by atoms with Crippen LogP contribution in [0.2, 0.25) is 5.02 Å². The van der Waals surface area contributed by atoms with Crippen LogP contribution in [-0.4, -0.2) is 68.1 Å². The van der Waals surface area contributed by atoms with Crippen LogP contribution in [0.1, 0.15) is 62.5 Å². The smallest absolute Gasteiger partial charge is 0.303 e. The molecule has 2 aromatic carbocycles. The van der Waals surface area contributed by atoms with E-state index in [1.54, 1.807) is 48.2 Å². The number of rotatable bonds is 10. The molecule has 286 valence electrons. The van der Waals surface area contributed by atoms with Crippen LogP contribution in [0.3, 0.4) is 0 Å². The normalized spacial score (nSPS) is 26.1. The van der Waals surface area contributed by atoms with Crippen molar-refractivity contribution in [3.8, 4) is 22.1 Å². The van der Waals surface area contributed by atoms with Crippen molar-refractivity contribution >= 4 is 68.4 Å². The van der Waals surface area contributed by atoms with Gasteiger partial charge < -0.3 is 14.9 Å². The summed E-state index contributed by atoms with van der Waals surface area (Å²) in [6.07, 6.45) is 3.91. The Hall–Kier alpha value is -5.01. The van der Waals surface area contributed by atoms with Gasteiger partial charge in [0.15, 0.2) is 0 Å². The minimum atomic E-state index is -1.36. The third-order valence-electron chi connectivity index (χ3n) is 12.4. The zero-order valence-electron chi connectivity index (χ0n) is 30.9. The Morgan fingerprint density at radius 2 is 1.82 bits per heavy atom. The topological polar surface area (TPSA) is 159 Å². The third-order valence-corrected chi connectivity index (χ3v) is 13.9. The number of anilines is 1. The van der Waals surface area contributed by atoms with E-state index >= 15 is 4.79 Å². The van der Waals surface area contributed by atoms with Gasteiger partial charge in [-0.2, -0.15) is 5.10 Å². The fraction of sp³-hybridized carbons (Fsp3) is 0.415. The minimum Gasteiger partial charge on any atom is -0.508 e. The third kappa shape index (κ3) is 5.68. The number of nitrogens with zero attached hydrogens (tertiary/aromatic N) is 4.